The monoisotopic (exact) mass is 304 g/mol. The normalized spacial score (nSPS) is 19.8. The van der Waals surface area contributed by atoms with Crippen molar-refractivity contribution in [2.45, 2.75) is 63.0 Å². The second-order valence-electron chi connectivity index (χ2n) is 6.21. The molecule has 0 fully saturated rings. The molecule has 16 heavy (non-hydrogen) atoms. The molecule has 0 radical (unpaired) electrons. The number of allylic oxidation sites excluding steroid dienone is 1. The van der Waals surface area contributed by atoms with E-state index in [0.717, 1.165) is 6.61 Å². The van der Waals surface area contributed by atoms with Crippen LogP contribution >= 0.6 is 15.9 Å². The zero-order valence-corrected chi connectivity index (χ0v) is 13.9. The molecule has 0 heterocycles. The van der Waals surface area contributed by atoms with Crippen LogP contribution in [0.2, 0.25) is 18.1 Å². The summed E-state index contributed by atoms with van der Waals surface area (Å²) in [4.78, 5) is 0.434. The van der Waals surface area contributed by atoms with Crippen LogP contribution in [0.3, 0.4) is 0 Å². The molecule has 94 valence electrons. The van der Waals surface area contributed by atoms with Gasteiger partial charge in [-0.3, -0.25) is 0 Å². The Morgan fingerprint density at radius 1 is 1.44 bits per heavy atom. The van der Waals surface area contributed by atoms with E-state index in [2.05, 4.69) is 55.9 Å². The molecule has 0 saturated carbocycles. The lowest BCUT2D eigenvalue weighted by molar-refractivity contribution is 0.296. The number of hydrogen-bond donors (Lipinski definition) is 0. The van der Waals surface area contributed by atoms with Crippen LogP contribution in [0.5, 0.6) is 0 Å². The molecule has 0 amide bonds. The maximum Gasteiger partial charge on any atom is 0.192 e. The van der Waals surface area contributed by atoms with E-state index in [9.17, 15) is 0 Å². The molecule has 1 unspecified atom stereocenters. The molecule has 1 aliphatic rings. The van der Waals surface area contributed by atoms with Gasteiger partial charge in [0.25, 0.3) is 0 Å². The first-order valence-electron chi connectivity index (χ1n) is 6.21. The minimum Gasteiger partial charge on any atom is -0.415 e. The van der Waals surface area contributed by atoms with Crippen molar-refractivity contribution in [1.82, 2.24) is 0 Å². The van der Waals surface area contributed by atoms with Gasteiger partial charge in [-0.25, -0.2) is 0 Å². The van der Waals surface area contributed by atoms with Crippen molar-refractivity contribution < 1.29 is 4.43 Å². The third-order valence-corrected chi connectivity index (χ3v) is 9.23. The van der Waals surface area contributed by atoms with E-state index in [1.54, 1.807) is 5.57 Å². The lowest BCUT2D eigenvalue weighted by atomic mass is 10.2. The van der Waals surface area contributed by atoms with E-state index in [0.29, 0.717) is 9.87 Å². The fourth-order valence-corrected chi connectivity index (χ4v) is 3.39. The quantitative estimate of drug-likeness (QED) is 0.408. The van der Waals surface area contributed by atoms with E-state index in [1.807, 2.05) is 0 Å². The Morgan fingerprint density at radius 2 is 2.06 bits per heavy atom. The van der Waals surface area contributed by atoms with Crippen molar-refractivity contribution in [3.8, 4) is 0 Å². The highest BCUT2D eigenvalue weighted by Gasteiger charge is 2.37. The topological polar surface area (TPSA) is 9.23 Å². The van der Waals surface area contributed by atoms with Crippen LogP contribution in [0.1, 0.15) is 40.0 Å². The molecule has 0 aromatic heterocycles. The van der Waals surface area contributed by atoms with Gasteiger partial charge in [0.15, 0.2) is 8.32 Å². The molecule has 0 aromatic carbocycles. The van der Waals surface area contributed by atoms with Crippen LogP contribution in [0.25, 0.3) is 0 Å². The molecule has 0 bridgehead atoms. The maximum absolute atomic E-state index is 6.22. The zero-order valence-electron chi connectivity index (χ0n) is 11.3. The Labute approximate surface area is 110 Å². The van der Waals surface area contributed by atoms with Gasteiger partial charge in [0.05, 0.1) is 11.4 Å². The third kappa shape index (κ3) is 3.71. The van der Waals surface area contributed by atoms with E-state index >= 15 is 0 Å². The van der Waals surface area contributed by atoms with Crippen LogP contribution in [0.4, 0.5) is 0 Å². The predicted molar refractivity (Wildman–Crippen MR) is 77.8 cm³/mol. The smallest absolute Gasteiger partial charge is 0.192 e. The van der Waals surface area contributed by atoms with Gasteiger partial charge in [0.1, 0.15) is 0 Å². The van der Waals surface area contributed by atoms with Crippen LogP contribution in [-0.2, 0) is 4.43 Å². The van der Waals surface area contributed by atoms with Gasteiger partial charge in [-0.2, -0.15) is 0 Å². The van der Waals surface area contributed by atoms with Crippen molar-refractivity contribution in [2.24, 2.45) is 0 Å². The Kier molecular flexibility index (Phi) is 4.84. The molecular weight excluding hydrogens is 280 g/mol. The van der Waals surface area contributed by atoms with Gasteiger partial charge >= 0.3 is 0 Å². The summed E-state index contributed by atoms with van der Waals surface area (Å²) >= 11 is 3.75. The van der Waals surface area contributed by atoms with Crippen molar-refractivity contribution >= 4 is 24.2 Å². The molecule has 0 N–H and O–H groups in total. The fourth-order valence-electron chi connectivity index (χ4n) is 1.59. The molecule has 3 heteroatoms. The highest BCUT2D eigenvalue weighted by Crippen LogP contribution is 2.37. The average molecular weight is 305 g/mol. The molecule has 0 saturated heterocycles. The summed E-state index contributed by atoms with van der Waals surface area (Å²) in [5.41, 5.74) is 1.54. The average Bonchev–Trinajstić information content (AvgIpc) is 2.65. The minimum atomic E-state index is -1.58. The van der Waals surface area contributed by atoms with Crippen LogP contribution in [0.15, 0.2) is 11.6 Å². The summed E-state index contributed by atoms with van der Waals surface area (Å²) in [7, 11) is -1.58. The highest BCUT2D eigenvalue weighted by atomic mass is 79.9. The van der Waals surface area contributed by atoms with Crippen LogP contribution < -0.4 is 0 Å². The van der Waals surface area contributed by atoms with Crippen molar-refractivity contribution in [3.05, 3.63) is 11.6 Å². The van der Waals surface area contributed by atoms with Crippen molar-refractivity contribution in [3.63, 3.8) is 0 Å². The zero-order chi connectivity index (χ0) is 12.4. The van der Waals surface area contributed by atoms with Crippen molar-refractivity contribution in [1.29, 1.82) is 0 Å². The summed E-state index contributed by atoms with van der Waals surface area (Å²) < 4.78 is 6.22. The summed E-state index contributed by atoms with van der Waals surface area (Å²) in [6.07, 6.45) is 6.18. The Morgan fingerprint density at radius 3 is 2.50 bits per heavy atom. The van der Waals surface area contributed by atoms with Gasteiger partial charge in [-0.15, -0.1) is 0 Å². The predicted octanol–water partition coefficient (Wildman–Crippen LogP) is 4.88. The first-order chi connectivity index (χ1) is 7.24. The number of hydrogen-bond acceptors (Lipinski definition) is 1. The molecule has 0 aliphatic heterocycles. The summed E-state index contributed by atoms with van der Waals surface area (Å²) in [5.74, 6) is 0. The Balaban J connectivity index is 2.45. The second-order valence-corrected chi connectivity index (χ2v) is 12.1. The van der Waals surface area contributed by atoms with Gasteiger partial charge in [-0.05, 0) is 37.4 Å². The number of rotatable bonds is 4. The largest absolute Gasteiger partial charge is 0.415 e. The molecule has 0 aromatic rings. The van der Waals surface area contributed by atoms with Crippen LogP contribution in [-0.4, -0.2) is 19.8 Å². The maximum atomic E-state index is 6.22. The highest BCUT2D eigenvalue weighted by molar-refractivity contribution is 9.09. The first-order valence-corrected chi connectivity index (χ1v) is 10.0. The standard InChI is InChI=1S/C13H25BrOSi/c1-13(2,3)16(4,5)15-10-12(14)11-8-6-7-9-11/h8,12H,6-7,9-10H2,1-5H3. The Bertz CT molecular complexity index is 266. The van der Waals surface area contributed by atoms with Crippen LogP contribution in [0, 0.1) is 0 Å². The lowest BCUT2D eigenvalue weighted by Crippen LogP contribution is -2.42. The summed E-state index contributed by atoms with van der Waals surface area (Å²) in [6, 6.07) is 0. The molecule has 0 spiro atoms. The molecule has 1 atom stereocenters. The first kappa shape index (κ1) is 14.5. The van der Waals surface area contributed by atoms with Gasteiger partial charge in [-0.1, -0.05) is 48.4 Å². The molecule has 1 nitrogen and oxygen atoms in total. The molecule has 1 rings (SSSR count). The lowest BCUT2D eigenvalue weighted by Gasteiger charge is -2.36. The number of halogens is 1. The molecule has 1 aliphatic carbocycles. The SMILES string of the molecule is CC(C)(C)[Si](C)(C)OCC(Br)C1=CCCC1. The fraction of sp³-hybridized carbons (Fsp3) is 0.846. The summed E-state index contributed by atoms with van der Waals surface area (Å²) in [5, 5.41) is 0.309. The van der Waals surface area contributed by atoms with E-state index in [-0.39, 0.29) is 0 Å². The van der Waals surface area contributed by atoms with E-state index < -0.39 is 8.32 Å². The second kappa shape index (κ2) is 5.36. The van der Waals surface area contributed by atoms with Gasteiger partial charge in [0.2, 0.25) is 0 Å². The van der Waals surface area contributed by atoms with E-state index in [4.69, 9.17) is 4.43 Å². The third-order valence-electron chi connectivity index (χ3n) is 3.88. The van der Waals surface area contributed by atoms with Crippen molar-refractivity contribution in [2.75, 3.05) is 6.61 Å². The minimum absolute atomic E-state index is 0.309. The Hall–Kier alpha value is 0.397. The molecular formula is C13H25BrOSi. The van der Waals surface area contributed by atoms with Gasteiger partial charge < -0.3 is 4.43 Å². The van der Waals surface area contributed by atoms with Gasteiger partial charge in [0, 0.05) is 0 Å². The summed E-state index contributed by atoms with van der Waals surface area (Å²) in [6.45, 7) is 12.3. The number of alkyl halides is 1. The van der Waals surface area contributed by atoms with E-state index in [1.165, 1.54) is 19.3 Å².